The van der Waals surface area contributed by atoms with Crippen LogP contribution in [0.1, 0.15) is 24.0 Å². The number of carbonyl (C=O) groups excluding carboxylic acids is 1. The van der Waals surface area contributed by atoms with Crippen molar-refractivity contribution in [3.63, 3.8) is 0 Å². The fourth-order valence-electron chi connectivity index (χ4n) is 2.47. The van der Waals surface area contributed by atoms with Gasteiger partial charge in [-0.2, -0.15) is 0 Å². The molecule has 2 rings (SSSR count). The number of ether oxygens (including phenoxy) is 2. The second kappa shape index (κ2) is 8.76. The number of urea groups is 1. The zero-order valence-corrected chi connectivity index (χ0v) is 13.5. The molecule has 5 heteroatoms. The Labute approximate surface area is 132 Å². The molecule has 1 aliphatic rings. The van der Waals surface area contributed by atoms with Gasteiger partial charge in [0.2, 0.25) is 0 Å². The van der Waals surface area contributed by atoms with E-state index in [9.17, 15) is 4.79 Å². The molecule has 22 heavy (non-hydrogen) atoms. The molecule has 1 saturated heterocycles. The third-order valence-corrected chi connectivity index (χ3v) is 3.87. The summed E-state index contributed by atoms with van der Waals surface area (Å²) in [4.78, 5) is 13.7. The van der Waals surface area contributed by atoms with Crippen molar-refractivity contribution in [1.29, 1.82) is 0 Å². The fraction of sp³-hybridized carbons (Fsp3) is 0.588. The summed E-state index contributed by atoms with van der Waals surface area (Å²) in [7, 11) is 1.80. The highest BCUT2D eigenvalue weighted by Gasteiger charge is 2.15. The molecule has 0 bridgehead atoms. The summed E-state index contributed by atoms with van der Waals surface area (Å²) in [5, 5.41) is 2.87. The average Bonchev–Trinajstić information content (AvgIpc) is 3.02. The van der Waals surface area contributed by atoms with Gasteiger partial charge < -0.3 is 19.7 Å². The Morgan fingerprint density at radius 1 is 1.45 bits per heavy atom. The number of rotatable bonds is 7. The monoisotopic (exact) mass is 306 g/mol. The lowest BCUT2D eigenvalue weighted by Crippen LogP contribution is -2.38. The molecule has 2 amide bonds. The first kappa shape index (κ1) is 16.8. The highest BCUT2D eigenvalue weighted by Crippen LogP contribution is 2.11. The zero-order valence-electron chi connectivity index (χ0n) is 13.5. The first-order chi connectivity index (χ1) is 10.7. The van der Waals surface area contributed by atoms with Gasteiger partial charge in [-0.05, 0) is 30.9 Å². The van der Waals surface area contributed by atoms with Crippen LogP contribution in [0.4, 0.5) is 4.79 Å². The Bertz CT molecular complexity index is 473. The Balaban J connectivity index is 1.61. The van der Waals surface area contributed by atoms with E-state index in [4.69, 9.17) is 9.47 Å². The molecule has 1 aliphatic heterocycles. The van der Waals surface area contributed by atoms with E-state index in [1.165, 1.54) is 5.56 Å². The minimum Gasteiger partial charge on any atom is -0.377 e. The van der Waals surface area contributed by atoms with Gasteiger partial charge in [0.15, 0.2) is 0 Å². The molecule has 1 aromatic carbocycles. The molecular formula is C17H26N2O3. The number of hydrogen-bond donors (Lipinski definition) is 1. The molecule has 0 radical (unpaired) electrons. The number of nitrogens with one attached hydrogen (secondary N) is 1. The summed E-state index contributed by atoms with van der Waals surface area (Å²) in [6, 6.07) is 8.02. The van der Waals surface area contributed by atoms with Gasteiger partial charge in [0.05, 0.1) is 19.3 Å². The van der Waals surface area contributed by atoms with E-state index in [0.29, 0.717) is 26.3 Å². The van der Waals surface area contributed by atoms with E-state index in [1.807, 2.05) is 18.2 Å². The van der Waals surface area contributed by atoms with E-state index in [0.717, 1.165) is 25.0 Å². The van der Waals surface area contributed by atoms with Crippen molar-refractivity contribution in [3.8, 4) is 0 Å². The Kier molecular flexibility index (Phi) is 6.68. The zero-order chi connectivity index (χ0) is 15.8. The van der Waals surface area contributed by atoms with Crippen LogP contribution in [0.2, 0.25) is 0 Å². The van der Waals surface area contributed by atoms with Crippen LogP contribution in [0.3, 0.4) is 0 Å². The van der Waals surface area contributed by atoms with Gasteiger partial charge in [-0.25, -0.2) is 4.79 Å². The molecule has 0 aromatic heterocycles. The van der Waals surface area contributed by atoms with Crippen LogP contribution in [0.5, 0.6) is 0 Å². The number of benzene rings is 1. The van der Waals surface area contributed by atoms with E-state index < -0.39 is 0 Å². The van der Waals surface area contributed by atoms with Crippen LogP contribution in [-0.2, 0) is 16.0 Å². The van der Waals surface area contributed by atoms with E-state index in [2.05, 4.69) is 18.3 Å². The first-order valence-electron chi connectivity index (χ1n) is 7.89. The van der Waals surface area contributed by atoms with Crippen molar-refractivity contribution in [2.45, 2.75) is 32.4 Å². The largest absolute Gasteiger partial charge is 0.377 e. The smallest absolute Gasteiger partial charge is 0.317 e. The lowest BCUT2D eigenvalue weighted by atomic mass is 10.1. The Morgan fingerprint density at radius 2 is 2.27 bits per heavy atom. The number of hydrogen-bond acceptors (Lipinski definition) is 3. The van der Waals surface area contributed by atoms with Crippen molar-refractivity contribution in [3.05, 3.63) is 35.4 Å². The summed E-state index contributed by atoms with van der Waals surface area (Å²) >= 11 is 0. The van der Waals surface area contributed by atoms with E-state index in [1.54, 1.807) is 11.9 Å². The van der Waals surface area contributed by atoms with E-state index in [-0.39, 0.29) is 12.1 Å². The third-order valence-electron chi connectivity index (χ3n) is 3.87. The van der Waals surface area contributed by atoms with Crippen molar-refractivity contribution >= 4 is 6.03 Å². The summed E-state index contributed by atoms with van der Waals surface area (Å²) in [5.41, 5.74) is 2.36. The number of carbonyl (C=O) groups is 1. The molecule has 122 valence electrons. The van der Waals surface area contributed by atoms with Crippen molar-refractivity contribution in [2.75, 3.05) is 33.4 Å². The van der Waals surface area contributed by atoms with Gasteiger partial charge in [0, 0.05) is 26.7 Å². The highest BCUT2D eigenvalue weighted by molar-refractivity contribution is 5.73. The molecule has 1 heterocycles. The summed E-state index contributed by atoms with van der Waals surface area (Å²) in [5.74, 6) is 0. The normalized spacial score (nSPS) is 17.5. The van der Waals surface area contributed by atoms with Crippen LogP contribution >= 0.6 is 0 Å². The van der Waals surface area contributed by atoms with E-state index >= 15 is 0 Å². The second-order valence-corrected chi connectivity index (χ2v) is 5.72. The standard InChI is InChI=1S/C17H26N2O3/c1-14-6-3-4-7-15(14)12-19(2)17(20)18-9-11-21-13-16-8-5-10-22-16/h3-4,6-7,16H,5,8-13H2,1-2H3,(H,18,20)/t16-/m1/s1. The molecule has 0 unspecified atom stereocenters. The molecule has 1 fully saturated rings. The summed E-state index contributed by atoms with van der Waals surface area (Å²) in [6.45, 7) is 5.16. The van der Waals surface area contributed by atoms with Crippen LogP contribution in [-0.4, -0.2) is 50.4 Å². The molecule has 0 aliphatic carbocycles. The van der Waals surface area contributed by atoms with Crippen molar-refractivity contribution in [1.82, 2.24) is 10.2 Å². The minimum atomic E-state index is -0.0797. The Hall–Kier alpha value is -1.59. The maximum atomic E-state index is 12.0. The van der Waals surface area contributed by atoms with Crippen LogP contribution in [0.15, 0.2) is 24.3 Å². The summed E-state index contributed by atoms with van der Waals surface area (Å²) in [6.07, 6.45) is 2.43. The maximum absolute atomic E-state index is 12.0. The lowest BCUT2D eigenvalue weighted by Gasteiger charge is -2.19. The molecule has 0 spiro atoms. The lowest BCUT2D eigenvalue weighted by molar-refractivity contribution is 0.0186. The molecule has 1 aromatic rings. The number of aryl methyl sites for hydroxylation is 1. The van der Waals surface area contributed by atoms with Crippen LogP contribution in [0, 0.1) is 6.92 Å². The van der Waals surface area contributed by atoms with Gasteiger partial charge >= 0.3 is 6.03 Å². The number of amides is 2. The van der Waals surface area contributed by atoms with Gasteiger partial charge in [-0.15, -0.1) is 0 Å². The minimum absolute atomic E-state index is 0.0797. The first-order valence-corrected chi connectivity index (χ1v) is 7.89. The SMILES string of the molecule is Cc1ccccc1CN(C)C(=O)NCCOC[C@H]1CCCO1. The van der Waals surface area contributed by atoms with Crippen LogP contribution < -0.4 is 5.32 Å². The fourth-order valence-corrected chi connectivity index (χ4v) is 2.47. The van der Waals surface area contributed by atoms with Gasteiger partial charge in [-0.3, -0.25) is 0 Å². The third kappa shape index (κ3) is 5.31. The topological polar surface area (TPSA) is 50.8 Å². The molecular weight excluding hydrogens is 280 g/mol. The molecule has 0 saturated carbocycles. The second-order valence-electron chi connectivity index (χ2n) is 5.72. The highest BCUT2D eigenvalue weighted by atomic mass is 16.5. The van der Waals surface area contributed by atoms with Crippen molar-refractivity contribution in [2.24, 2.45) is 0 Å². The van der Waals surface area contributed by atoms with Gasteiger partial charge in [0.25, 0.3) is 0 Å². The van der Waals surface area contributed by atoms with Gasteiger partial charge in [0.1, 0.15) is 0 Å². The number of nitrogens with zero attached hydrogens (tertiary/aromatic N) is 1. The quantitative estimate of drug-likeness (QED) is 0.787. The van der Waals surface area contributed by atoms with Gasteiger partial charge in [-0.1, -0.05) is 24.3 Å². The van der Waals surface area contributed by atoms with Crippen molar-refractivity contribution < 1.29 is 14.3 Å². The Morgan fingerprint density at radius 3 is 3.00 bits per heavy atom. The molecule has 1 N–H and O–H groups in total. The molecule has 5 nitrogen and oxygen atoms in total. The summed E-state index contributed by atoms with van der Waals surface area (Å²) < 4.78 is 11.0. The molecule has 1 atom stereocenters. The van der Waals surface area contributed by atoms with Crippen LogP contribution in [0.25, 0.3) is 0 Å². The maximum Gasteiger partial charge on any atom is 0.317 e. The predicted octanol–water partition coefficient (Wildman–Crippen LogP) is 2.33. The average molecular weight is 306 g/mol. The predicted molar refractivity (Wildman–Crippen MR) is 85.8 cm³/mol.